The zero-order valence-electron chi connectivity index (χ0n) is 7.42. The number of carboxylic acids is 1. The van der Waals surface area contributed by atoms with Gasteiger partial charge in [-0.05, 0) is 39.5 Å². The summed E-state index contributed by atoms with van der Waals surface area (Å²) in [4.78, 5) is 11.8. The summed E-state index contributed by atoms with van der Waals surface area (Å²) in [6.07, 6.45) is 1.16. The first-order valence-corrected chi connectivity index (χ1v) is 6.10. The van der Waals surface area contributed by atoms with Crippen LogP contribution in [0.1, 0.15) is 11.1 Å². The molecule has 74 valence electrons. The number of aryl methyl sites for hydroxylation is 1. The third-order valence-corrected chi connectivity index (χ3v) is 4.22. The van der Waals surface area contributed by atoms with Gasteiger partial charge in [0, 0.05) is 15.1 Å². The second kappa shape index (κ2) is 3.95. The van der Waals surface area contributed by atoms with E-state index in [1.165, 1.54) is 10.5 Å². The maximum Gasteiger partial charge on any atom is 0.307 e. The van der Waals surface area contributed by atoms with Crippen LogP contribution in [0.15, 0.2) is 21.5 Å². The van der Waals surface area contributed by atoms with Gasteiger partial charge in [-0.25, -0.2) is 0 Å². The molecule has 1 aromatic rings. The van der Waals surface area contributed by atoms with Crippen LogP contribution in [0.5, 0.6) is 0 Å². The monoisotopic (exact) mass is 272 g/mol. The number of rotatable bonds is 2. The second-order valence-electron chi connectivity index (χ2n) is 3.23. The number of hydrogen-bond donors (Lipinski definition) is 1. The van der Waals surface area contributed by atoms with Gasteiger partial charge in [0.25, 0.3) is 0 Å². The van der Waals surface area contributed by atoms with Gasteiger partial charge in [0.15, 0.2) is 0 Å². The summed E-state index contributed by atoms with van der Waals surface area (Å²) in [5.74, 6) is 0.326. The molecule has 1 heterocycles. The molecule has 1 aliphatic rings. The molecule has 2 nitrogen and oxygen atoms in total. The highest BCUT2D eigenvalue weighted by Crippen LogP contribution is 2.38. The van der Waals surface area contributed by atoms with Gasteiger partial charge in [-0.15, -0.1) is 11.8 Å². The molecule has 0 aliphatic carbocycles. The highest BCUT2D eigenvalue weighted by atomic mass is 79.9. The molecule has 14 heavy (non-hydrogen) atoms. The minimum absolute atomic E-state index is 0.108. The topological polar surface area (TPSA) is 37.3 Å². The molecule has 1 aliphatic heterocycles. The van der Waals surface area contributed by atoms with E-state index in [2.05, 4.69) is 15.9 Å². The number of carbonyl (C=O) groups is 1. The minimum atomic E-state index is -0.775. The lowest BCUT2D eigenvalue weighted by atomic mass is 10.1. The maximum atomic E-state index is 10.6. The largest absolute Gasteiger partial charge is 0.481 e. The summed E-state index contributed by atoms with van der Waals surface area (Å²) in [7, 11) is 0. The highest BCUT2D eigenvalue weighted by Gasteiger charge is 2.16. The van der Waals surface area contributed by atoms with Crippen molar-refractivity contribution < 1.29 is 9.90 Å². The molecule has 1 N–H and O–H groups in total. The molecular formula is C10H9BrO2S. The van der Waals surface area contributed by atoms with Crippen molar-refractivity contribution in [1.82, 2.24) is 0 Å². The Labute approximate surface area is 94.8 Å². The normalized spacial score (nSPS) is 14.1. The van der Waals surface area contributed by atoms with Gasteiger partial charge in [-0.2, -0.15) is 0 Å². The van der Waals surface area contributed by atoms with Crippen molar-refractivity contribution in [1.29, 1.82) is 0 Å². The van der Waals surface area contributed by atoms with Crippen LogP contribution in [0.25, 0.3) is 0 Å². The van der Waals surface area contributed by atoms with E-state index in [-0.39, 0.29) is 6.42 Å². The molecule has 4 heteroatoms. The molecule has 2 rings (SSSR count). The van der Waals surface area contributed by atoms with Gasteiger partial charge in [0.05, 0.1) is 6.42 Å². The molecule has 0 aromatic heterocycles. The first-order chi connectivity index (χ1) is 6.66. The van der Waals surface area contributed by atoms with Crippen molar-refractivity contribution in [2.75, 3.05) is 5.75 Å². The number of aliphatic carboxylic acids is 1. The fourth-order valence-electron chi connectivity index (χ4n) is 1.60. The van der Waals surface area contributed by atoms with Crippen molar-refractivity contribution in [3.8, 4) is 0 Å². The summed E-state index contributed by atoms with van der Waals surface area (Å²) < 4.78 is 1.04. The van der Waals surface area contributed by atoms with E-state index in [4.69, 9.17) is 5.11 Å². The summed E-state index contributed by atoms with van der Waals surface area (Å²) in [5.41, 5.74) is 2.16. The molecule has 0 radical (unpaired) electrons. The van der Waals surface area contributed by atoms with Crippen LogP contribution in [0, 0.1) is 0 Å². The fourth-order valence-corrected chi connectivity index (χ4v) is 3.56. The Morgan fingerprint density at radius 1 is 1.57 bits per heavy atom. The van der Waals surface area contributed by atoms with E-state index in [1.807, 2.05) is 23.9 Å². The van der Waals surface area contributed by atoms with E-state index < -0.39 is 5.97 Å². The van der Waals surface area contributed by atoms with Crippen LogP contribution >= 0.6 is 27.7 Å². The molecule has 0 saturated heterocycles. The number of hydrogen-bond acceptors (Lipinski definition) is 2. The molecule has 0 unspecified atom stereocenters. The van der Waals surface area contributed by atoms with Crippen LogP contribution in [0.3, 0.4) is 0 Å². The summed E-state index contributed by atoms with van der Waals surface area (Å²) in [6.45, 7) is 0. The maximum absolute atomic E-state index is 10.6. The Hall–Kier alpha value is -0.480. The smallest absolute Gasteiger partial charge is 0.307 e. The van der Waals surface area contributed by atoms with E-state index in [0.717, 1.165) is 22.2 Å². The molecule has 0 atom stereocenters. The Morgan fingerprint density at radius 2 is 2.36 bits per heavy atom. The lowest BCUT2D eigenvalue weighted by Gasteiger charge is -2.04. The van der Waals surface area contributed by atoms with Gasteiger partial charge in [-0.1, -0.05) is 6.07 Å². The van der Waals surface area contributed by atoms with Gasteiger partial charge in [-0.3, -0.25) is 4.79 Å². The predicted molar refractivity (Wildman–Crippen MR) is 59.9 cm³/mol. The first-order valence-electron chi connectivity index (χ1n) is 4.32. The minimum Gasteiger partial charge on any atom is -0.481 e. The summed E-state index contributed by atoms with van der Waals surface area (Å²) in [6, 6.07) is 3.92. The lowest BCUT2D eigenvalue weighted by Crippen LogP contribution is -2.00. The number of thioether (sulfide) groups is 1. The summed E-state index contributed by atoms with van der Waals surface area (Å²) >= 11 is 5.30. The highest BCUT2D eigenvalue weighted by molar-refractivity contribution is 9.10. The first kappa shape index (κ1) is 10.1. The number of halogens is 1. The Morgan fingerprint density at radius 3 is 3.07 bits per heavy atom. The SMILES string of the molecule is O=C(O)Cc1cc(Br)c2c(c1)CCS2. The van der Waals surface area contributed by atoms with Crippen LogP contribution in [0.4, 0.5) is 0 Å². The van der Waals surface area contributed by atoms with Gasteiger partial charge in [0.1, 0.15) is 0 Å². The Bertz CT molecular complexity index is 390. The zero-order chi connectivity index (χ0) is 10.1. The van der Waals surface area contributed by atoms with Crippen molar-refractivity contribution in [2.45, 2.75) is 17.7 Å². The van der Waals surface area contributed by atoms with Gasteiger partial charge in [0.2, 0.25) is 0 Å². The third-order valence-electron chi connectivity index (χ3n) is 2.15. The van der Waals surface area contributed by atoms with Crippen LogP contribution in [-0.2, 0) is 17.6 Å². The Balaban J connectivity index is 2.36. The van der Waals surface area contributed by atoms with E-state index >= 15 is 0 Å². The molecular weight excluding hydrogens is 264 g/mol. The van der Waals surface area contributed by atoms with Crippen molar-refractivity contribution in [3.63, 3.8) is 0 Å². The van der Waals surface area contributed by atoms with Crippen molar-refractivity contribution in [3.05, 3.63) is 27.7 Å². The number of carboxylic acid groups (broad SMARTS) is 1. The molecule has 0 amide bonds. The standard InChI is InChI=1S/C10H9BrO2S/c11-8-4-6(5-9(12)13)3-7-1-2-14-10(7)8/h3-4H,1-2,5H2,(H,12,13). The number of benzene rings is 1. The Kier molecular flexibility index (Phi) is 2.83. The average Bonchev–Trinajstić information content (AvgIpc) is 2.50. The fraction of sp³-hybridized carbons (Fsp3) is 0.300. The average molecular weight is 273 g/mol. The van der Waals surface area contributed by atoms with E-state index in [1.54, 1.807) is 0 Å². The van der Waals surface area contributed by atoms with Crippen LogP contribution < -0.4 is 0 Å². The van der Waals surface area contributed by atoms with Gasteiger partial charge < -0.3 is 5.11 Å². The van der Waals surface area contributed by atoms with Crippen molar-refractivity contribution >= 4 is 33.7 Å². The number of fused-ring (bicyclic) bond motifs is 1. The second-order valence-corrected chi connectivity index (χ2v) is 5.19. The predicted octanol–water partition coefficient (Wildman–Crippen LogP) is 2.72. The molecule has 0 fully saturated rings. The summed E-state index contributed by atoms with van der Waals surface area (Å²) in [5, 5.41) is 8.69. The molecule has 1 aromatic carbocycles. The van der Waals surface area contributed by atoms with E-state index in [0.29, 0.717) is 0 Å². The third kappa shape index (κ3) is 1.96. The zero-order valence-corrected chi connectivity index (χ0v) is 9.82. The quantitative estimate of drug-likeness (QED) is 0.900. The van der Waals surface area contributed by atoms with Crippen LogP contribution in [0.2, 0.25) is 0 Å². The molecule has 0 bridgehead atoms. The van der Waals surface area contributed by atoms with E-state index in [9.17, 15) is 4.79 Å². The van der Waals surface area contributed by atoms with Crippen LogP contribution in [-0.4, -0.2) is 16.8 Å². The molecule has 0 saturated carbocycles. The molecule has 0 spiro atoms. The van der Waals surface area contributed by atoms with Crippen molar-refractivity contribution in [2.24, 2.45) is 0 Å². The lowest BCUT2D eigenvalue weighted by molar-refractivity contribution is -0.136. The van der Waals surface area contributed by atoms with Gasteiger partial charge >= 0.3 is 5.97 Å².